The second-order valence-electron chi connectivity index (χ2n) is 6.26. The first-order valence-corrected chi connectivity index (χ1v) is 9.77. The Bertz CT molecular complexity index is 905. The number of carbonyl (C=O) groups excluding carboxylic acids is 2. The average molecular weight is 389 g/mol. The van der Waals surface area contributed by atoms with Gasteiger partial charge in [0.05, 0.1) is 11.4 Å². The van der Waals surface area contributed by atoms with Crippen molar-refractivity contribution in [3.8, 4) is 0 Å². The van der Waals surface area contributed by atoms with Crippen molar-refractivity contribution in [3.63, 3.8) is 0 Å². The molecule has 0 bridgehead atoms. The highest BCUT2D eigenvalue weighted by Gasteiger charge is 2.17. The summed E-state index contributed by atoms with van der Waals surface area (Å²) >= 11 is 0. The van der Waals surface area contributed by atoms with Gasteiger partial charge in [0.2, 0.25) is 15.9 Å². The number of hydrogen-bond acceptors (Lipinski definition) is 4. The summed E-state index contributed by atoms with van der Waals surface area (Å²) in [5.74, 6) is -0.759. The van der Waals surface area contributed by atoms with Gasteiger partial charge in [0.1, 0.15) is 0 Å². The van der Waals surface area contributed by atoms with Crippen molar-refractivity contribution in [1.29, 1.82) is 0 Å². The third-order valence-corrected chi connectivity index (χ3v) is 5.74. The van der Waals surface area contributed by atoms with Gasteiger partial charge >= 0.3 is 0 Å². The zero-order valence-electron chi connectivity index (χ0n) is 15.5. The van der Waals surface area contributed by atoms with E-state index in [0.29, 0.717) is 6.54 Å². The number of sulfonamides is 1. The Morgan fingerprint density at radius 3 is 2.07 bits per heavy atom. The molecule has 0 unspecified atom stereocenters. The van der Waals surface area contributed by atoms with Gasteiger partial charge in [-0.2, -0.15) is 0 Å². The van der Waals surface area contributed by atoms with Crippen LogP contribution in [0.3, 0.4) is 0 Å². The average Bonchev–Trinajstić information content (AvgIpc) is 2.65. The van der Waals surface area contributed by atoms with Crippen molar-refractivity contribution < 1.29 is 18.0 Å². The molecule has 0 aliphatic heterocycles. The quantitative estimate of drug-likeness (QED) is 0.746. The van der Waals surface area contributed by atoms with Crippen molar-refractivity contribution in [2.45, 2.75) is 18.4 Å². The van der Waals surface area contributed by atoms with E-state index in [9.17, 15) is 18.0 Å². The Balaban J connectivity index is 1.86. The molecule has 2 N–H and O–H groups in total. The first kappa shape index (κ1) is 20.6. The van der Waals surface area contributed by atoms with Crippen LogP contribution in [0.5, 0.6) is 0 Å². The summed E-state index contributed by atoms with van der Waals surface area (Å²) in [6, 6.07) is 13.3. The second-order valence-corrected chi connectivity index (χ2v) is 8.41. The molecule has 7 nitrogen and oxygen atoms in total. The first-order chi connectivity index (χ1) is 12.7. The summed E-state index contributed by atoms with van der Waals surface area (Å²) < 4.78 is 25.1. The predicted octanol–water partition coefficient (Wildman–Crippen LogP) is 1.29. The molecule has 0 fully saturated rings. The molecule has 2 amide bonds. The maximum absolute atomic E-state index is 12.1. The van der Waals surface area contributed by atoms with Crippen LogP contribution in [0.2, 0.25) is 0 Å². The molecule has 0 aliphatic rings. The van der Waals surface area contributed by atoms with Gasteiger partial charge in [-0.25, -0.2) is 12.7 Å². The van der Waals surface area contributed by atoms with Crippen molar-refractivity contribution in [3.05, 3.63) is 65.2 Å². The van der Waals surface area contributed by atoms with E-state index in [-0.39, 0.29) is 22.9 Å². The highest BCUT2D eigenvalue weighted by atomic mass is 32.2. The standard InChI is InChI=1S/C19H23N3O4S/c1-14-4-6-15(7-5-14)12-20-18(23)13-21-19(24)16-8-10-17(11-9-16)27(25,26)22(2)3/h4-11H,12-13H2,1-3H3,(H,20,23)(H,21,24). The topological polar surface area (TPSA) is 95.6 Å². The van der Waals surface area contributed by atoms with Gasteiger partial charge in [-0.3, -0.25) is 9.59 Å². The number of carbonyl (C=O) groups is 2. The van der Waals surface area contributed by atoms with Crippen LogP contribution in [-0.4, -0.2) is 45.2 Å². The molecule has 2 aromatic rings. The molecule has 0 aliphatic carbocycles. The largest absolute Gasteiger partial charge is 0.350 e. The lowest BCUT2D eigenvalue weighted by Crippen LogP contribution is -2.36. The lowest BCUT2D eigenvalue weighted by Gasteiger charge is -2.11. The lowest BCUT2D eigenvalue weighted by atomic mass is 10.1. The van der Waals surface area contributed by atoms with Crippen LogP contribution in [0.1, 0.15) is 21.5 Å². The number of amides is 2. The van der Waals surface area contributed by atoms with E-state index in [1.165, 1.54) is 38.4 Å². The normalized spacial score (nSPS) is 11.3. The number of aryl methyl sites for hydroxylation is 1. The minimum absolute atomic E-state index is 0.0971. The summed E-state index contributed by atoms with van der Waals surface area (Å²) in [5.41, 5.74) is 2.39. The second kappa shape index (κ2) is 8.79. The fraction of sp³-hybridized carbons (Fsp3) is 0.263. The molecule has 27 heavy (non-hydrogen) atoms. The molecule has 0 radical (unpaired) electrons. The zero-order valence-corrected chi connectivity index (χ0v) is 16.3. The van der Waals surface area contributed by atoms with Gasteiger partial charge in [0.15, 0.2) is 0 Å². The van der Waals surface area contributed by atoms with Gasteiger partial charge in [0, 0.05) is 26.2 Å². The van der Waals surface area contributed by atoms with E-state index in [1.54, 1.807) is 0 Å². The van der Waals surface area contributed by atoms with E-state index in [1.807, 2.05) is 31.2 Å². The van der Waals surface area contributed by atoms with Crippen LogP contribution in [0.4, 0.5) is 0 Å². The minimum Gasteiger partial charge on any atom is -0.350 e. The van der Waals surface area contributed by atoms with Gasteiger partial charge < -0.3 is 10.6 Å². The number of rotatable bonds is 7. The maximum Gasteiger partial charge on any atom is 0.251 e. The smallest absolute Gasteiger partial charge is 0.251 e. The minimum atomic E-state index is -3.54. The highest BCUT2D eigenvalue weighted by Crippen LogP contribution is 2.13. The molecule has 0 heterocycles. The Hall–Kier alpha value is -2.71. The number of benzene rings is 2. The Kier molecular flexibility index (Phi) is 6.70. The van der Waals surface area contributed by atoms with Gasteiger partial charge in [-0.05, 0) is 36.8 Å². The molecule has 144 valence electrons. The SMILES string of the molecule is Cc1ccc(CNC(=O)CNC(=O)c2ccc(S(=O)(=O)N(C)C)cc2)cc1. The molecule has 2 rings (SSSR count). The van der Waals surface area contributed by atoms with Crippen molar-refractivity contribution in [2.24, 2.45) is 0 Å². The predicted molar refractivity (Wildman–Crippen MR) is 103 cm³/mol. The van der Waals surface area contributed by atoms with Gasteiger partial charge in [-0.1, -0.05) is 29.8 Å². The van der Waals surface area contributed by atoms with Crippen LogP contribution < -0.4 is 10.6 Å². The zero-order chi connectivity index (χ0) is 20.0. The molecule has 0 aromatic heterocycles. The van der Waals surface area contributed by atoms with Crippen LogP contribution >= 0.6 is 0 Å². The fourth-order valence-corrected chi connectivity index (χ4v) is 3.12. The summed E-state index contributed by atoms with van der Waals surface area (Å²) in [7, 11) is -0.673. The third-order valence-electron chi connectivity index (χ3n) is 3.91. The lowest BCUT2D eigenvalue weighted by molar-refractivity contribution is -0.120. The molecule has 0 saturated carbocycles. The third kappa shape index (κ3) is 5.63. The molecule has 0 spiro atoms. The number of hydrogen-bond donors (Lipinski definition) is 2. The van der Waals surface area contributed by atoms with Crippen LogP contribution in [0.15, 0.2) is 53.4 Å². The molecular formula is C19H23N3O4S. The highest BCUT2D eigenvalue weighted by molar-refractivity contribution is 7.89. The van der Waals surface area contributed by atoms with E-state index >= 15 is 0 Å². The Labute approximate surface area is 159 Å². The summed E-state index contributed by atoms with van der Waals surface area (Å²) in [5, 5.41) is 5.24. The van der Waals surface area contributed by atoms with E-state index in [0.717, 1.165) is 15.4 Å². The molecule has 2 aromatic carbocycles. The van der Waals surface area contributed by atoms with Crippen molar-refractivity contribution in [2.75, 3.05) is 20.6 Å². The van der Waals surface area contributed by atoms with Crippen molar-refractivity contribution in [1.82, 2.24) is 14.9 Å². The van der Waals surface area contributed by atoms with E-state index in [4.69, 9.17) is 0 Å². The van der Waals surface area contributed by atoms with Crippen LogP contribution in [0.25, 0.3) is 0 Å². The first-order valence-electron chi connectivity index (χ1n) is 8.33. The molecule has 0 atom stereocenters. The van der Waals surface area contributed by atoms with Crippen LogP contribution in [0, 0.1) is 6.92 Å². The summed E-state index contributed by atoms with van der Waals surface area (Å²) in [6.07, 6.45) is 0. The number of nitrogens with zero attached hydrogens (tertiary/aromatic N) is 1. The van der Waals surface area contributed by atoms with Gasteiger partial charge in [-0.15, -0.1) is 0 Å². The van der Waals surface area contributed by atoms with Crippen molar-refractivity contribution >= 4 is 21.8 Å². The molecule has 0 saturated heterocycles. The maximum atomic E-state index is 12.1. The van der Waals surface area contributed by atoms with Gasteiger partial charge in [0.25, 0.3) is 5.91 Å². The summed E-state index contributed by atoms with van der Waals surface area (Å²) in [4.78, 5) is 24.1. The fourth-order valence-electron chi connectivity index (χ4n) is 2.22. The Morgan fingerprint density at radius 1 is 0.926 bits per heavy atom. The molecule has 8 heteroatoms. The summed E-state index contributed by atoms with van der Waals surface area (Å²) in [6.45, 7) is 2.20. The number of nitrogens with one attached hydrogen (secondary N) is 2. The van der Waals surface area contributed by atoms with Crippen LogP contribution in [-0.2, 0) is 21.4 Å². The van der Waals surface area contributed by atoms with E-state index in [2.05, 4.69) is 10.6 Å². The molecular weight excluding hydrogens is 366 g/mol. The monoisotopic (exact) mass is 389 g/mol. The Morgan fingerprint density at radius 2 is 1.52 bits per heavy atom. The van der Waals surface area contributed by atoms with E-state index < -0.39 is 15.9 Å².